The summed E-state index contributed by atoms with van der Waals surface area (Å²) in [5.74, 6) is 0.872. The maximum Gasteiger partial charge on any atom is 0.255 e. The lowest BCUT2D eigenvalue weighted by Crippen LogP contribution is -2.43. The van der Waals surface area contributed by atoms with Gasteiger partial charge in [0.05, 0.1) is 17.1 Å². The monoisotopic (exact) mass is 367 g/mol. The molecule has 0 unspecified atom stereocenters. The van der Waals surface area contributed by atoms with Crippen molar-refractivity contribution in [1.82, 2.24) is 4.90 Å². The smallest absolute Gasteiger partial charge is 0.255 e. The van der Waals surface area contributed by atoms with E-state index < -0.39 is 9.84 Å². The van der Waals surface area contributed by atoms with Crippen molar-refractivity contribution in [2.24, 2.45) is 0 Å². The quantitative estimate of drug-likeness (QED) is 0.780. The highest BCUT2D eigenvalue weighted by Gasteiger charge is 2.26. The van der Waals surface area contributed by atoms with Gasteiger partial charge >= 0.3 is 0 Å². The van der Waals surface area contributed by atoms with Crippen LogP contribution in [0.15, 0.2) is 46.7 Å². The van der Waals surface area contributed by atoms with Crippen LogP contribution in [0.3, 0.4) is 0 Å². The van der Waals surface area contributed by atoms with Crippen LogP contribution in [-0.2, 0) is 15.6 Å². The number of thioether (sulfide) groups is 1. The van der Waals surface area contributed by atoms with Gasteiger partial charge in [-0.05, 0) is 23.6 Å². The molecule has 1 aromatic carbocycles. The summed E-state index contributed by atoms with van der Waals surface area (Å²) in [6.45, 7) is 0.566. The molecule has 0 spiro atoms. The van der Waals surface area contributed by atoms with Gasteiger partial charge in [0.2, 0.25) is 0 Å². The number of carbonyl (C=O) groups is 1. The number of amides is 1. The van der Waals surface area contributed by atoms with Gasteiger partial charge in [0.1, 0.15) is 0 Å². The van der Waals surface area contributed by atoms with Crippen molar-refractivity contribution in [3.05, 3.63) is 52.2 Å². The van der Waals surface area contributed by atoms with Crippen molar-refractivity contribution < 1.29 is 13.2 Å². The number of nitrogens with zero attached hydrogens (tertiary/aromatic N) is 1. The summed E-state index contributed by atoms with van der Waals surface area (Å²) in [5, 5.41) is 2.04. The highest BCUT2D eigenvalue weighted by Crippen LogP contribution is 2.29. The predicted molar refractivity (Wildman–Crippen MR) is 94.9 cm³/mol. The van der Waals surface area contributed by atoms with Gasteiger partial charge in [0.15, 0.2) is 9.84 Å². The summed E-state index contributed by atoms with van der Waals surface area (Å²) in [6.07, 6.45) is 0. The van der Waals surface area contributed by atoms with E-state index >= 15 is 0 Å². The van der Waals surface area contributed by atoms with Crippen LogP contribution in [0, 0.1) is 0 Å². The molecule has 1 amide bonds. The highest BCUT2D eigenvalue weighted by molar-refractivity contribution is 7.98. The summed E-state index contributed by atoms with van der Waals surface area (Å²) in [4.78, 5) is 16.6. The molecule has 7 heteroatoms. The number of hydrogen-bond acceptors (Lipinski definition) is 5. The molecule has 23 heavy (non-hydrogen) atoms. The fraction of sp³-hybridized carbons (Fsp3) is 0.312. The third-order valence-corrected chi connectivity index (χ3v) is 7.49. The number of rotatable bonds is 4. The van der Waals surface area contributed by atoms with E-state index in [9.17, 15) is 13.2 Å². The first-order valence-electron chi connectivity index (χ1n) is 7.29. The van der Waals surface area contributed by atoms with E-state index in [0.29, 0.717) is 5.56 Å². The van der Waals surface area contributed by atoms with Crippen LogP contribution in [0.1, 0.15) is 15.2 Å². The Morgan fingerprint density at radius 1 is 1.13 bits per heavy atom. The van der Waals surface area contributed by atoms with Crippen LogP contribution in [-0.4, -0.2) is 43.8 Å². The second-order valence-electron chi connectivity index (χ2n) is 5.31. The topological polar surface area (TPSA) is 54.5 Å². The van der Waals surface area contributed by atoms with Crippen LogP contribution in [0.4, 0.5) is 0 Å². The van der Waals surface area contributed by atoms with Gasteiger partial charge in [0.25, 0.3) is 5.91 Å². The Morgan fingerprint density at radius 2 is 1.87 bits per heavy atom. The van der Waals surface area contributed by atoms with Crippen LogP contribution in [0.5, 0.6) is 0 Å². The van der Waals surface area contributed by atoms with E-state index in [2.05, 4.69) is 6.07 Å². The fourth-order valence-corrected chi connectivity index (χ4v) is 5.42. The van der Waals surface area contributed by atoms with Crippen molar-refractivity contribution in [1.29, 1.82) is 0 Å². The van der Waals surface area contributed by atoms with E-state index in [-0.39, 0.29) is 30.5 Å². The number of sulfone groups is 1. The molecule has 0 saturated carbocycles. The average molecular weight is 368 g/mol. The summed E-state index contributed by atoms with van der Waals surface area (Å²) in [5.41, 5.74) is 0.661. The molecule has 0 atom stereocenters. The lowest BCUT2D eigenvalue weighted by molar-refractivity contribution is 0.0767. The third-order valence-electron chi connectivity index (χ3n) is 3.70. The second-order valence-corrected chi connectivity index (χ2v) is 9.66. The SMILES string of the molecule is O=C(c1ccccc1SCc1cccs1)N1CCS(=O)(=O)CC1. The van der Waals surface area contributed by atoms with Crippen molar-refractivity contribution in [3.8, 4) is 0 Å². The summed E-state index contributed by atoms with van der Waals surface area (Å²) in [7, 11) is -2.98. The molecule has 1 aliphatic heterocycles. The zero-order valence-electron chi connectivity index (χ0n) is 12.5. The van der Waals surface area contributed by atoms with Gasteiger partial charge in [-0.2, -0.15) is 0 Å². The molecule has 4 nitrogen and oxygen atoms in total. The molecule has 0 N–H and O–H groups in total. The lowest BCUT2D eigenvalue weighted by Gasteiger charge is -2.27. The van der Waals surface area contributed by atoms with Crippen molar-refractivity contribution in [2.75, 3.05) is 24.6 Å². The van der Waals surface area contributed by atoms with Gasteiger partial charge in [-0.25, -0.2) is 8.42 Å². The zero-order chi connectivity index (χ0) is 16.3. The first-order chi connectivity index (χ1) is 11.1. The highest BCUT2D eigenvalue weighted by atomic mass is 32.2. The Bertz CT molecular complexity index is 771. The van der Waals surface area contributed by atoms with E-state index in [0.717, 1.165) is 10.6 Å². The zero-order valence-corrected chi connectivity index (χ0v) is 14.9. The van der Waals surface area contributed by atoms with Crippen molar-refractivity contribution in [3.63, 3.8) is 0 Å². The molecular formula is C16H17NO3S3. The average Bonchev–Trinajstić information content (AvgIpc) is 3.06. The summed E-state index contributed by atoms with van der Waals surface area (Å²) < 4.78 is 23.0. The number of benzene rings is 1. The maximum absolute atomic E-state index is 12.7. The Kier molecular flexibility index (Phi) is 5.08. The number of carbonyl (C=O) groups excluding carboxylic acids is 1. The van der Waals surface area contributed by atoms with Crippen LogP contribution < -0.4 is 0 Å². The van der Waals surface area contributed by atoms with E-state index in [4.69, 9.17) is 0 Å². The molecule has 3 rings (SSSR count). The van der Waals surface area contributed by atoms with Crippen LogP contribution in [0.25, 0.3) is 0 Å². The molecule has 2 heterocycles. The van der Waals surface area contributed by atoms with Gasteiger partial charge in [-0.1, -0.05) is 18.2 Å². The Labute approximate surface area is 144 Å². The standard InChI is InChI=1S/C16H17NO3S3/c18-16(17-7-10-23(19,20)11-8-17)14-5-1-2-6-15(14)22-12-13-4-3-9-21-13/h1-6,9H,7-8,10-12H2. The Hall–Kier alpha value is -1.31. The first kappa shape index (κ1) is 16.5. The van der Waals surface area contributed by atoms with Gasteiger partial charge in [-0.15, -0.1) is 23.1 Å². The molecule has 2 aromatic rings. The summed E-state index contributed by atoms with van der Waals surface area (Å²) >= 11 is 3.34. The van der Waals surface area contributed by atoms with E-state index in [1.165, 1.54) is 4.88 Å². The molecule has 122 valence electrons. The molecule has 0 aliphatic carbocycles. The molecule has 1 saturated heterocycles. The Balaban J connectivity index is 1.73. The largest absolute Gasteiger partial charge is 0.337 e. The van der Waals surface area contributed by atoms with Crippen LogP contribution in [0.2, 0.25) is 0 Å². The molecule has 1 aliphatic rings. The second kappa shape index (κ2) is 7.07. The minimum Gasteiger partial charge on any atom is -0.337 e. The maximum atomic E-state index is 12.7. The molecule has 0 radical (unpaired) electrons. The molecule has 0 bridgehead atoms. The minimum absolute atomic E-state index is 0.0588. The van der Waals surface area contributed by atoms with Gasteiger partial charge in [0, 0.05) is 28.6 Å². The normalized spacial score (nSPS) is 17.1. The first-order valence-corrected chi connectivity index (χ1v) is 11.0. The van der Waals surface area contributed by atoms with Crippen LogP contribution >= 0.6 is 23.1 Å². The fourth-order valence-electron chi connectivity index (χ4n) is 2.40. The van der Waals surface area contributed by atoms with Crippen molar-refractivity contribution in [2.45, 2.75) is 10.6 Å². The van der Waals surface area contributed by atoms with Gasteiger partial charge in [-0.3, -0.25) is 4.79 Å². The number of thiophene rings is 1. The lowest BCUT2D eigenvalue weighted by atomic mass is 10.2. The molecule has 1 fully saturated rings. The third kappa shape index (κ3) is 4.16. The van der Waals surface area contributed by atoms with E-state index in [1.54, 1.807) is 28.0 Å². The van der Waals surface area contributed by atoms with E-state index in [1.807, 2.05) is 35.7 Å². The molecule has 1 aromatic heterocycles. The van der Waals surface area contributed by atoms with Gasteiger partial charge < -0.3 is 4.90 Å². The number of hydrogen-bond donors (Lipinski definition) is 0. The van der Waals surface area contributed by atoms with Crippen molar-refractivity contribution >= 4 is 38.8 Å². The predicted octanol–water partition coefficient (Wildman–Crippen LogP) is 2.91. The summed E-state index contributed by atoms with van der Waals surface area (Å²) in [6, 6.07) is 11.6. The Morgan fingerprint density at radius 3 is 2.57 bits per heavy atom. The minimum atomic E-state index is -2.98. The molecular weight excluding hydrogens is 350 g/mol.